The first-order valence-electron chi connectivity index (χ1n) is 7.11. The molecule has 0 aliphatic carbocycles. The van der Waals surface area contributed by atoms with Crippen molar-refractivity contribution in [2.75, 3.05) is 16.8 Å². The van der Waals surface area contributed by atoms with Crippen molar-refractivity contribution in [1.29, 1.82) is 0 Å². The van der Waals surface area contributed by atoms with Gasteiger partial charge in [0.05, 0.1) is 23.9 Å². The van der Waals surface area contributed by atoms with Gasteiger partial charge >= 0.3 is 0 Å². The molecule has 112 valence electrons. The number of hydrogen-bond acceptors (Lipinski definition) is 4. The number of imidazole rings is 1. The number of rotatable bonds is 8. The van der Waals surface area contributed by atoms with Crippen molar-refractivity contribution in [3.05, 3.63) is 37.2 Å². The first-order valence-corrected chi connectivity index (χ1v) is 8.26. The summed E-state index contributed by atoms with van der Waals surface area (Å²) in [6, 6.07) is 1.85. The maximum Gasteiger partial charge on any atom is 0.225 e. The molecule has 0 fully saturated rings. The summed E-state index contributed by atoms with van der Waals surface area (Å²) < 4.78 is 1.85. The van der Waals surface area contributed by atoms with Crippen molar-refractivity contribution < 1.29 is 4.79 Å². The lowest BCUT2D eigenvalue weighted by atomic mass is 10.3. The molecule has 2 aromatic heterocycles. The third-order valence-corrected chi connectivity index (χ3v) is 4.04. The Morgan fingerprint density at radius 1 is 1.33 bits per heavy atom. The summed E-state index contributed by atoms with van der Waals surface area (Å²) in [5.74, 6) is 2.00. The Kier molecular flexibility index (Phi) is 6.27. The fraction of sp³-hybridized carbons (Fsp3) is 0.400. The largest absolute Gasteiger partial charge is 0.323 e. The highest BCUT2D eigenvalue weighted by Gasteiger charge is 2.08. The van der Waals surface area contributed by atoms with Gasteiger partial charge in [0.25, 0.3) is 0 Å². The van der Waals surface area contributed by atoms with Crippen LogP contribution >= 0.6 is 11.8 Å². The van der Waals surface area contributed by atoms with Gasteiger partial charge in [0.1, 0.15) is 0 Å². The summed E-state index contributed by atoms with van der Waals surface area (Å²) in [6.45, 7) is 2.17. The first kappa shape index (κ1) is 15.6. The second-order valence-corrected chi connectivity index (χ2v) is 5.85. The van der Waals surface area contributed by atoms with Crippen molar-refractivity contribution in [2.45, 2.75) is 26.2 Å². The molecule has 5 nitrogen and oxygen atoms in total. The fourth-order valence-electron chi connectivity index (χ4n) is 1.84. The van der Waals surface area contributed by atoms with Gasteiger partial charge in [-0.15, -0.1) is 0 Å². The standard InChI is InChI=1S/C15H20N4OS/c1-2-3-9-21-10-5-15(20)18-13-11-16-6-4-14(13)19-8-7-17-12-19/h4,6-8,11-12H,2-3,5,9-10H2,1H3,(H,18,20). The van der Waals surface area contributed by atoms with E-state index in [-0.39, 0.29) is 5.91 Å². The van der Waals surface area contributed by atoms with Crippen LogP contribution in [0.3, 0.4) is 0 Å². The molecule has 2 heterocycles. The van der Waals surface area contributed by atoms with Crippen molar-refractivity contribution in [2.24, 2.45) is 0 Å². The number of unbranched alkanes of at least 4 members (excludes halogenated alkanes) is 1. The van der Waals surface area contributed by atoms with E-state index in [0.717, 1.165) is 17.2 Å². The zero-order valence-corrected chi connectivity index (χ0v) is 13.0. The number of carbonyl (C=O) groups excluding carboxylic acids is 1. The van der Waals surface area contributed by atoms with Crippen molar-refractivity contribution in [3.63, 3.8) is 0 Å². The molecular formula is C15H20N4OS. The minimum Gasteiger partial charge on any atom is -0.323 e. The van der Waals surface area contributed by atoms with E-state index in [4.69, 9.17) is 0 Å². The van der Waals surface area contributed by atoms with Crippen LogP contribution in [-0.2, 0) is 4.79 Å². The van der Waals surface area contributed by atoms with Crippen LogP contribution in [0.5, 0.6) is 0 Å². The van der Waals surface area contributed by atoms with Crippen molar-refractivity contribution >= 4 is 23.4 Å². The Morgan fingerprint density at radius 3 is 3.00 bits per heavy atom. The van der Waals surface area contributed by atoms with Crippen LogP contribution in [0.25, 0.3) is 5.69 Å². The molecule has 6 heteroatoms. The van der Waals surface area contributed by atoms with Gasteiger partial charge in [0, 0.05) is 30.8 Å². The average Bonchev–Trinajstić information content (AvgIpc) is 3.02. The van der Waals surface area contributed by atoms with E-state index in [9.17, 15) is 4.79 Å². The van der Waals surface area contributed by atoms with Gasteiger partial charge in [-0.3, -0.25) is 9.78 Å². The van der Waals surface area contributed by atoms with Gasteiger partial charge in [0.15, 0.2) is 0 Å². The van der Waals surface area contributed by atoms with E-state index in [1.165, 1.54) is 12.8 Å². The van der Waals surface area contributed by atoms with Crippen LogP contribution < -0.4 is 5.32 Å². The summed E-state index contributed by atoms with van der Waals surface area (Å²) in [7, 11) is 0. The molecule has 2 rings (SSSR count). The Labute approximate surface area is 129 Å². The molecule has 21 heavy (non-hydrogen) atoms. The predicted molar refractivity (Wildman–Crippen MR) is 86.8 cm³/mol. The Bertz CT molecular complexity index is 557. The molecular weight excluding hydrogens is 284 g/mol. The van der Waals surface area contributed by atoms with Crippen molar-refractivity contribution in [3.8, 4) is 5.69 Å². The Balaban J connectivity index is 1.89. The molecule has 0 radical (unpaired) electrons. The highest BCUT2D eigenvalue weighted by Crippen LogP contribution is 2.18. The third kappa shape index (κ3) is 4.90. The lowest BCUT2D eigenvalue weighted by Gasteiger charge is -2.10. The highest BCUT2D eigenvalue weighted by molar-refractivity contribution is 7.99. The van der Waals surface area contributed by atoms with Crippen LogP contribution in [0.4, 0.5) is 5.69 Å². The summed E-state index contributed by atoms with van der Waals surface area (Å²) >= 11 is 1.83. The van der Waals surface area contributed by atoms with E-state index in [1.807, 2.05) is 28.6 Å². The quantitative estimate of drug-likeness (QED) is 0.761. The predicted octanol–water partition coefficient (Wildman–Crippen LogP) is 3.13. The van der Waals surface area contributed by atoms with Crippen LogP contribution in [0.1, 0.15) is 26.2 Å². The summed E-state index contributed by atoms with van der Waals surface area (Å²) in [6.07, 6.45) is 11.5. The zero-order chi connectivity index (χ0) is 14.9. The van der Waals surface area contributed by atoms with Crippen molar-refractivity contribution in [1.82, 2.24) is 14.5 Å². The number of pyridine rings is 1. The number of anilines is 1. The second kappa shape index (κ2) is 8.46. The lowest BCUT2D eigenvalue weighted by molar-refractivity contribution is -0.115. The summed E-state index contributed by atoms with van der Waals surface area (Å²) in [5.41, 5.74) is 1.58. The van der Waals surface area contributed by atoms with Gasteiger partial charge in [-0.2, -0.15) is 11.8 Å². The molecule has 0 spiro atoms. The van der Waals surface area contributed by atoms with Gasteiger partial charge in [0.2, 0.25) is 5.91 Å². The third-order valence-electron chi connectivity index (χ3n) is 2.97. The van der Waals surface area contributed by atoms with Gasteiger partial charge < -0.3 is 9.88 Å². The number of hydrogen-bond donors (Lipinski definition) is 1. The van der Waals surface area contributed by atoms with Crippen LogP contribution in [-0.4, -0.2) is 31.9 Å². The Hall–Kier alpha value is -1.82. The van der Waals surface area contributed by atoms with Gasteiger partial charge in [-0.05, 0) is 18.2 Å². The molecule has 1 amide bonds. The number of nitrogens with one attached hydrogen (secondary N) is 1. The van der Waals surface area contributed by atoms with E-state index in [0.29, 0.717) is 12.1 Å². The molecule has 0 saturated heterocycles. The summed E-state index contributed by atoms with van der Waals surface area (Å²) in [5, 5.41) is 2.93. The summed E-state index contributed by atoms with van der Waals surface area (Å²) in [4.78, 5) is 20.1. The smallest absolute Gasteiger partial charge is 0.225 e. The first-order chi connectivity index (χ1) is 10.3. The molecule has 0 bridgehead atoms. The second-order valence-electron chi connectivity index (χ2n) is 4.63. The molecule has 2 aromatic rings. The lowest BCUT2D eigenvalue weighted by Crippen LogP contribution is -2.14. The molecule has 0 aromatic carbocycles. The number of thioether (sulfide) groups is 1. The van der Waals surface area contributed by atoms with Crippen LogP contribution in [0.15, 0.2) is 37.2 Å². The SMILES string of the molecule is CCCCSCCC(=O)Nc1cnccc1-n1ccnc1. The molecule has 0 unspecified atom stereocenters. The minimum atomic E-state index is 0.0216. The van der Waals surface area contributed by atoms with E-state index >= 15 is 0 Å². The molecule has 0 atom stereocenters. The van der Waals surface area contributed by atoms with Crippen LogP contribution in [0.2, 0.25) is 0 Å². The number of aromatic nitrogens is 3. The molecule has 0 saturated carbocycles. The number of amides is 1. The maximum absolute atomic E-state index is 12.0. The Morgan fingerprint density at radius 2 is 2.24 bits per heavy atom. The molecule has 1 N–H and O–H groups in total. The van der Waals surface area contributed by atoms with E-state index in [2.05, 4.69) is 22.2 Å². The van der Waals surface area contributed by atoms with Crippen LogP contribution in [0, 0.1) is 0 Å². The average molecular weight is 304 g/mol. The van der Waals surface area contributed by atoms with E-state index in [1.54, 1.807) is 24.9 Å². The monoisotopic (exact) mass is 304 g/mol. The highest BCUT2D eigenvalue weighted by atomic mass is 32.2. The topological polar surface area (TPSA) is 59.8 Å². The van der Waals surface area contributed by atoms with Gasteiger partial charge in [-0.25, -0.2) is 4.98 Å². The normalized spacial score (nSPS) is 10.5. The molecule has 0 aliphatic heterocycles. The van der Waals surface area contributed by atoms with E-state index < -0.39 is 0 Å². The number of carbonyl (C=O) groups is 1. The number of nitrogens with zero attached hydrogens (tertiary/aromatic N) is 3. The maximum atomic E-state index is 12.0. The fourth-order valence-corrected chi connectivity index (χ4v) is 2.86. The van der Waals surface area contributed by atoms with Gasteiger partial charge in [-0.1, -0.05) is 13.3 Å². The molecule has 0 aliphatic rings. The minimum absolute atomic E-state index is 0.0216. The zero-order valence-electron chi connectivity index (χ0n) is 12.2.